The molecule has 0 atom stereocenters. The van der Waals surface area contributed by atoms with Crippen LogP contribution in [0.5, 0.6) is 0 Å². The predicted octanol–water partition coefficient (Wildman–Crippen LogP) is 2.01. The van der Waals surface area contributed by atoms with Gasteiger partial charge in [0.15, 0.2) is 0 Å². The number of nitrogens with zero attached hydrogens (tertiary/aromatic N) is 1. The molecule has 13 heavy (non-hydrogen) atoms. The minimum atomic E-state index is -0.0337. The molecule has 1 aromatic carbocycles. The van der Waals surface area contributed by atoms with E-state index in [9.17, 15) is 0 Å². The van der Waals surface area contributed by atoms with Gasteiger partial charge >= 0.3 is 0 Å². The van der Waals surface area contributed by atoms with Crippen molar-refractivity contribution in [2.75, 3.05) is 7.05 Å². The van der Waals surface area contributed by atoms with Gasteiger partial charge in [0.2, 0.25) is 0 Å². The molecule has 0 saturated carbocycles. The van der Waals surface area contributed by atoms with Crippen molar-refractivity contribution in [1.29, 1.82) is 5.26 Å². The van der Waals surface area contributed by atoms with Crippen LogP contribution in [0.3, 0.4) is 0 Å². The van der Waals surface area contributed by atoms with Crippen LogP contribution in [0.4, 0.5) is 0 Å². The van der Waals surface area contributed by atoms with Crippen molar-refractivity contribution in [2.24, 2.45) is 0 Å². The van der Waals surface area contributed by atoms with E-state index in [0.29, 0.717) is 5.56 Å². The summed E-state index contributed by atoms with van der Waals surface area (Å²) < 4.78 is 0. The molecular weight excluding hydrogens is 160 g/mol. The summed E-state index contributed by atoms with van der Waals surface area (Å²) >= 11 is 0. The minimum Gasteiger partial charge on any atom is -0.311 e. The van der Waals surface area contributed by atoms with Crippen LogP contribution in [0.25, 0.3) is 0 Å². The average Bonchev–Trinajstić information content (AvgIpc) is 2.18. The molecule has 0 aliphatic carbocycles. The van der Waals surface area contributed by atoms with E-state index in [-0.39, 0.29) is 5.54 Å². The van der Waals surface area contributed by atoms with Gasteiger partial charge in [-0.05, 0) is 38.6 Å². The van der Waals surface area contributed by atoms with E-state index in [4.69, 9.17) is 5.26 Å². The fourth-order valence-corrected chi connectivity index (χ4v) is 1.11. The molecule has 0 heterocycles. The Kier molecular flexibility index (Phi) is 2.69. The van der Waals surface area contributed by atoms with Gasteiger partial charge in [0.1, 0.15) is 0 Å². The molecule has 1 N–H and O–H groups in total. The van der Waals surface area contributed by atoms with Gasteiger partial charge in [-0.15, -0.1) is 0 Å². The van der Waals surface area contributed by atoms with Gasteiger partial charge < -0.3 is 5.32 Å². The summed E-state index contributed by atoms with van der Waals surface area (Å²) in [6.45, 7) is 4.21. The highest BCUT2D eigenvalue weighted by Crippen LogP contribution is 2.19. The summed E-state index contributed by atoms with van der Waals surface area (Å²) in [5.41, 5.74) is 1.86. The lowest BCUT2D eigenvalue weighted by atomic mass is 9.94. The zero-order chi connectivity index (χ0) is 9.90. The SMILES string of the molecule is CNC(C)(C)c1ccc(C#N)cc1. The fourth-order valence-electron chi connectivity index (χ4n) is 1.11. The lowest BCUT2D eigenvalue weighted by Crippen LogP contribution is -2.32. The number of rotatable bonds is 2. The summed E-state index contributed by atoms with van der Waals surface area (Å²) in [5, 5.41) is 11.8. The van der Waals surface area contributed by atoms with Gasteiger partial charge in [-0.2, -0.15) is 5.26 Å². The topological polar surface area (TPSA) is 35.8 Å². The van der Waals surface area contributed by atoms with Crippen LogP contribution < -0.4 is 5.32 Å². The molecule has 0 aromatic heterocycles. The van der Waals surface area contributed by atoms with Gasteiger partial charge in [0.05, 0.1) is 11.6 Å². The number of nitriles is 1. The summed E-state index contributed by atoms with van der Waals surface area (Å²) in [6.07, 6.45) is 0. The summed E-state index contributed by atoms with van der Waals surface area (Å²) in [5.74, 6) is 0. The number of hydrogen-bond acceptors (Lipinski definition) is 2. The van der Waals surface area contributed by atoms with Gasteiger partial charge in [-0.1, -0.05) is 12.1 Å². The largest absolute Gasteiger partial charge is 0.311 e. The van der Waals surface area contributed by atoms with Crippen LogP contribution in [0.15, 0.2) is 24.3 Å². The van der Waals surface area contributed by atoms with Crippen molar-refractivity contribution < 1.29 is 0 Å². The molecule has 0 unspecified atom stereocenters. The molecule has 0 saturated heterocycles. The van der Waals surface area contributed by atoms with Crippen LogP contribution >= 0.6 is 0 Å². The van der Waals surface area contributed by atoms with E-state index in [1.165, 1.54) is 5.56 Å². The number of hydrogen-bond donors (Lipinski definition) is 1. The maximum absolute atomic E-state index is 8.62. The molecule has 68 valence electrons. The highest BCUT2D eigenvalue weighted by atomic mass is 14.9. The lowest BCUT2D eigenvalue weighted by Gasteiger charge is -2.24. The molecule has 0 fully saturated rings. The Labute approximate surface area is 79.2 Å². The second-order valence-corrected chi connectivity index (χ2v) is 3.56. The molecule has 1 rings (SSSR count). The highest BCUT2D eigenvalue weighted by Gasteiger charge is 2.16. The van der Waals surface area contributed by atoms with Gasteiger partial charge in [-0.3, -0.25) is 0 Å². The number of nitrogens with one attached hydrogen (secondary N) is 1. The molecule has 0 spiro atoms. The fraction of sp³-hybridized carbons (Fsp3) is 0.364. The third-order valence-corrected chi connectivity index (χ3v) is 2.36. The van der Waals surface area contributed by atoms with E-state index in [2.05, 4.69) is 25.2 Å². The molecule has 2 heteroatoms. The summed E-state index contributed by atoms with van der Waals surface area (Å²) in [4.78, 5) is 0. The number of benzene rings is 1. The molecule has 0 aliphatic heterocycles. The van der Waals surface area contributed by atoms with Crippen LogP contribution in [0.2, 0.25) is 0 Å². The smallest absolute Gasteiger partial charge is 0.0991 e. The predicted molar refractivity (Wildman–Crippen MR) is 53.2 cm³/mol. The van der Waals surface area contributed by atoms with Crippen LogP contribution in [0, 0.1) is 11.3 Å². The first-order valence-electron chi connectivity index (χ1n) is 4.29. The lowest BCUT2D eigenvalue weighted by molar-refractivity contribution is 0.444. The molecule has 2 nitrogen and oxygen atoms in total. The van der Waals surface area contributed by atoms with Crippen LogP contribution in [-0.2, 0) is 5.54 Å². The van der Waals surface area contributed by atoms with E-state index in [0.717, 1.165) is 0 Å². The average molecular weight is 174 g/mol. The molecule has 0 amide bonds. The Bertz CT molecular complexity index is 317. The molecular formula is C11H14N2. The standard InChI is InChI=1S/C11H14N2/c1-11(2,13-3)10-6-4-9(8-12)5-7-10/h4-7,13H,1-3H3. The first-order valence-corrected chi connectivity index (χ1v) is 4.29. The van der Waals surface area contributed by atoms with Gasteiger partial charge in [0.25, 0.3) is 0 Å². The summed E-state index contributed by atoms with van der Waals surface area (Å²) in [6, 6.07) is 9.75. The second-order valence-electron chi connectivity index (χ2n) is 3.56. The Morgan fingerprint density at radius 1 is 1.23 bits per heavy atom. The maximum atomic E-state index is 8.62. The molecule has 1 aromatic rings. The Balaban J connectivity index is 3.00. The van der Waals surface area contributed by atoms with Crippen molar-refractivity contribution in [3.8, 4) is 6.07 Å². The van der Waals surface area contributed by atoms with Crippen LogP contribution in [0.1, 0.15) is 25.0 Å². The Morgan fingerprint density at radius 2 is 1.77 bits per heavy atom. The van der Waals surface area contributed by atoms with E-state index >= 15 is 0 Å². The monoisotopic (exact) mass is 174 g/mol. The zero-order valence-corrected chi connectivity index (χ0v) is 8.26. The van der Waals surface area contributed by atoms with Crippen LogP contribution in [-0.4, -0.2) is 7.05 Å². The van der Waals surface area contributed by atoms with Crippen molar-refractivity contribution in [1.82, 2.24) is 5.32 Å². The Hall–Kier alpha value is -1.33. The third kappa shape index (κ3) is 2.07. The van der Waals surface area contributed by atoms with Crippen molar-refractivity contribution >= 4 is 0 Å². The highest BCUT2D eigenvalue weighted by molar-refractivity contribution is 5.34. The van der Waals surface area contributed by atoms with E-state index < -0.39 is 0 Å². The molecule has 0 aliphatic rings. The molecule has 0 bridgehead atoms. The van der Waals surface area contributed by atoms with Crippen molar-refractivity contribution in [2.45, 2.75) is 19.4 Å². The third-order valence-electron chi connectivity index (χ3n) is 2.36. The van der Waals surface area contributed by atoms with E-state index in [1.807, 2.05) is 31.3 Å². The van der Waals surface area contributed by atoms with Gasteiger partial charge in [-0.25, -0.2) is 0 Å². The van der Waals surface area contributed by atoms with Crippen molar-refractivity contribution in [3.63, 3.8) is 0 Å². The normalized spacial score (nSPS) is 10.9. The van der Waals surface area contributed by atoms with Gasteiger partial charge in [0, 0.05) is 5.54 Å². The second kappa shape index (κ2) is 3.59. The quantitative estimate of drug-likeness (QED) is 0.744. The first kappa shape index (κ1) is 9.76. The minimum absolute atomic E-state index is 0.0337. The Morgan fingerprint density at radius 3 is 2.15 bits per heavy atom. The maximum Gasteiger partial charge on any atom is 0.0991 e. The first-order chi connectivity index (χ1) is 6.10. The van der Waals surface area contributed by atoms with Crippen molar-refractivity contribution in [3.05, 3.63) is 35.4 Å². The van der Waals surface area contributed by atoms with E-state index in [1.54, 1.807) is 0 Å². The zero-order valence-electron chi connectivity index (χ0n) is 8.26. The molecule has 0 radical (unpaired) electrons. The summed E-state index contributed by atoms with van der Waals surface area (Å²) in [7, 11) is 1.93.